The molecular weight excluding hydrogens is 206 g/mol. The van der Waals surface area contributed by atoms with Crippen LogP contribution in [0.3, 0.4) is 0 Å². The summed E-state index contributed by atoms with van der Waals surface area (Å²) in [5, 5.41) is 3.61. The Hall–Kier alpha value is -1.48. The van der Waals surface area contributed by atoms with Gasteiger partial charge in [0.05, 0.1) is 5.41 Å². The Morgan fingerprint density at radius 3 is 2.75 bits per heavy atom. The topological polar surface area (TPSA) is 75.1 Å². The fourth-order valence-corrected chi connectivity index (χ4v) is 1.49. The van der Waals surface area contributed by atoms with Crippen LogP contribution in [-0.2, 0) is 9.53 Å². The molecule has 5 nitrogen and oxygen atoms in total. The molecule has 1 aliphatic rings. The van der Waals surface area contributed by atoms with Gasteiger partial charge < -0.3 is 4.74 Å². The predicted octanol–water partition coefficient (Wildman–Crippen LogP) is 3.32. The van der Waals surface area contributed by atoms with Crippen LogP contribution in [-0.4, -0.2) is 12.6 Å². The van der Waals surface area contributed by atoms with E-state index >= 15 is 0 Å². The van der Waals surface area contributed by atoms with Gasteiger partial charge in [-0.1, -0.05) is 5.11 Å². The molecule has 16 heavy (non-hydrogen) atoms. The summed E-state index contributed by atoms with van der Waals surface area (Å²) in [7, 11) is 0. The smallest absolute Gasteiger partial charge is 0.311 e. The molecule has 0 saturated heterocycles. The summed E-state index contributed by atoms with van der Waals surface area (Å²) in [5.74, 6) is -0.229. The van der Waals surface area contributed by atoms with Crippen molar-refractivity contribution in [2.75, 3.05) is 6.61 Å². The van der Waals surface area contributed by atoms with E-state index in [1.165, 1.54) is 0 Å². The molecule has 0 spiro atoms. The van der Waals surface area contributed by atoms with E-state index in [0.29, 0.717) is 0 Å². The second-order valence-corrected chi connectivity index (χ2v) is 4.92. The van der Waals surface area contributed by atoms with Crippen LogP contribution in [0, 0.1) is 5.41 Å². The monoisotopic (exact) mass is 223 g/mol. The van der Waals surface area contributed by atoms with Gasteiger partial charge in [0.2, 0.25) is 0 Å². The number of allylic oxidation sites excluding steroid dienone is 1. The Kier molecular flexibility index (Phi) is 3.96. The minimum atomic E-state index is -0.488. The van der Waals surface area contributed by atoms with Crippen LogP contribution in [0.5, 0.6) is 0 Å². The highest BCUT2D eigenvalue weighted by Gasteiger charge is 2.24. The SMILES string of the molecule is CC(C)(C)C(=O)OCC1=C(N=[N+]=[N-])CCC1. The van der Waals surface area contributed by atoms with E-state index < -0.39 is 5.41 Å². The Labute approximate surface area is 95.1 Å². The molecule has 1 rings (SSSR count). The standard InChI is InChI=1S/C11H17N3O2/c1-11(2,3)10(15)16-7-8-5-4-6-9(8)13-14-12/h4-7H2,1-3H3. The number of hydrogen-bond acceptors (Lipinski definition) is 3. The van der Waals surface area contributed by atoms with Crippen molar-refractivity contribution in [2.45, 2.75) is 40.0 Å². The van der Waals surface area contributed by atoms with Gasteiger partial charge in [0.15, 0.2) is 0 Å². The molecule has 0 amide bonds. The zero-order valence-corrected chi connectivity index (χ0v) is 9.99. The quantitative estimate of drug-likeness (QED) is 0.318. The van der Waals surface area contributed by atoms with Gasteiger partial charge in [0.1, 0.15) is 6.61 Å². The molecule has 0 aliphatic heterocycles. The number of nitrogens with zero attached hydrogens (tertiary/aromatic N) is 3. The first-order chi connectivity index (χ1) is 7.45. The number of azide groups is 1. The predicted molar refractivity (Wildman–Crippen MR) is 60.4 cm³/mol. The van der Waals surface area contributed by atoms with E-state index in [4.69, 9.17) is 10.3 Å². The van der Waals surface area contributed by atoms with Crippen LogP contribution in [0.4, 0.5) is 0 Å². The van der Waals surface area contributed by atoms with Gasteiger partial charge in [0.25, 0.3) is 0 Å². The first-order valence-corrected chi connectivity index (χ1v) is 5.38. The second kappa shape index (κ2) is 5.03. The number of hydrogen-bond donors (Lipinski definition) is 0. The maximum atomic E-state index is 11.5. The van der Waals surface area contributed by atoms with Gasteiger partial charge in [-0.3, -0.25) is 4.79 Å². The molecule has 0 bridgehead atoms. The molecule has 0 N–H and O–H groups in total. The summed E-state index contributed by atoms with van der Waals surface area (Å²) in [5.41, 5.74) is 9.57. The van der Waals surface area contributed by atoms with Crippen molar-refractivity contribution in [3.05, 3.63) is 21.7 Å². The van der Waals surface area contributed by atoms with Crippen molar-refractivity contribution in [1.82, 2.24) is 0 Å². The molecule has 0 radical (unpaired) electrons. The number of carbonyl (C=O) groups is 1. The average molecular weight is 223 g/mol. The van der Waals surface area contributed by atoms with E-state index in [2.05, 4.69) is 10.0 Å². The lowest BCUT2D eigenvalue weighted by atomic mass is 9.97. The summed E-state index contributed by atoms with van der Waals surface area (Å²) >= 11 is 0. The first-order valence-electron chi connectivity index (χ1n) is 5.38. The van der Waals surface area contributed by atoms with Crippen molar-refractivity contribution >= 4 is 5.97 Å². The van der Waals surface area contributed by atoms with Crippen molar-refractivity contribution in [1.29, 1.82) is 0 Å². The van der Waals surface area contributed by atoms with E-state index in [9.17, 15) is 4.79 Å². The summed E-state index contributed by atoms with van der Waals surface area (Å²) < 4.78 is 5.19. The third-order valence-electron chi connectivity index (χ3n) is 2.46. The molecule has 0 aromatic carbocycles. The van der Waals surface area contributed by atoms with Crippen LogP contribution >= 0.6 is 0 Å². The van der Waals surface area contributed by atoms with Crippen LogP contribution in [0.1, 0.15) is 40.0 Å². The van der Waals surface area contributed by atoms with E-state index in [1.54, 1.807) is 0 Å². The second-order valence-electron chi connectivity index (χ2n) is 4.92. The Morgan fingerprint density at radius 2 is 2.19 bits per heavy atom. The molecule has 0 atom stereocenters. The first kappa shape index (κ1) is 12.6. The lowest BCUT2D eigenvalue weighted by molar-refractivity contribution is -0.151. The average Bonchev–Trinajstić information content (AvgIpc) is 2.61. The summed E-state index contributed by atoms with van der Waals surface area (Å²) in [6, 6.07) is 0. The van der Waals surface area contributed by atoms with Gasteiger partial charge >= 0.3 is 5.97 Å². The van der Waals surface area contributed by atoms with Gasteiger partial charge in [-0.15, -0.1) is 0 Å². The number of rotatable bonds is 3. The largest absolute Gasteiger partial charge is 0.461 e. The Bertz CT molecular complexity index is 360. The molecule has 0 aromatic rings. The molecule has 0 fully saturated rings. The third-order valence-corrected chi connectivity index (χ3v) is 2.46. The maximum absolute atomic E-state index is 11.5. The Balaban J connectivity index is 2.58. The number of ether oxygens (including phenoxy) is 1. The number of esters is 1. The highest BCUT2D eigenvalue weighted by Crippen LogP contribution is 2.27. The fourth-order valence-electron chi connectivity index (χ4n) is 1.49. The van der Waals surface area contributed by atoms with E-state index in [-0.39, 0.29) is 12.6 Å². The minimum Gasteiger partial charge on any atom is -0.461 e. The Morgan fingerprint density at radius 1 is 1.50 bits per heavy atom. The lowest BCUT2D eigenvalue weighted by Crippen LogP contribution is -2.23. The molecule has 0 heterocycles. The van der Waals surface area contributed by atoms with Gasteiger partial charge in [-0.2, -0.15) is 0 Å². The van der Waals surface area contributed by atoms with Crippen molar-refractivity contribution in [3.63, 3.8) is 0 Å². The van der Waals surface area contributed by atoms with Crippen LogP contribution in [0.25, 0.3) is 10.4 Å². The van der Waals surface area contributed by atoms with Gasteiger partial charge in [-0.25, -0.2) is 0 Å². The summed E-state index contributed by atoms with van der Waals surface area (Å²) in [6.45, 7) is 5.69. The van der Waals surface area contributed by atoms with E-state index in [0.717, 1.165) is 30.5 Å². The molecule has 5 heteroatoms. The van der Waals surface area contributed by atoms with Gasteiger partial charge in [0, 0.05) is 10.6 Å². The molecular formula is C11H17N3O2. The molecule has 0 aromatic heterocycles. The molecule has 0 saturated carbocycles. The van der Waals surface area contributed by atoms with Crippen molar-refractivity contribution < 1.29 is 9.53 Å². The van der Waals surface area contributed by atoms with Crippen molar-refractivity contribution in [2.24, 2.45) is 10.5 Å². The zero-order chi connectivity index (χ0) is 12.2. The third kappa shape index (κ3) is 3.28. The fraction of sp³-hybridized carbons (Fsp3) is 0.727. The van der Waals surface area contributed by atoms with E-state index in [1.807, 2.05) is 20.8 Å². The zero-order valence-electron chi connectivity index (χ0n) is 9.99. The van der Waals surface area contributed by atoms with Crippen LogP contribution in [0.15, 0.2) is 16.4 Å². The maximum Gasteiger partial charge on any atom is 0.311 e. The highest BCUT2D eigenvalue weighted by atomic mass is 16.5. The lowest BCUT2D eigenvalue weighted by Gasteiger charge is -2.17. The van der Waals surface area contributed by atoms with Crippen LogP contribution in [0.2, 0.25) is 0 Å². The summed E-state index contributed by atoms with van der Waals surface area (Å²) in [4.78, 5) is 14.3. The molecule has 0 unspecified atom stereocenters. The van der Waals surface area contributed by atoms with Gasteiger partial charge in [-0.05, 0) is 51.1 Å². The highest BCUT2D eigenvalue weighted by molar-refractivity contribution is 5.75. The minimum absolute atomic E-state index is 0.229. The summed E-state index contributed by atoms with van der Waals surface area (Å²) in [6.07, 6.45) is 2.61. The number of carbonyl (C=O) groups excluding carboxylic acids is 1. The van der Waals surface area contributed by atoms with Crippen molar-refractivity contribution in [3.8, 4) is 0 Å². The van der Waals surface area contributed by atoms with Crippen LogP contribution < -0.4 is 0 Å². The molecule has 88 valence electrons. The normalized spacial score (nSPS) is 15.9. The molecule has 1 aliphatic carbocycles.